The number of carbonyl (C=O) groups is 2. The fourth-order valence-electron chi connectivity index (χ4n) is 3.40. The fourth-order valence-corrected chi connectivity index (χ4v) is 3.40. The van der Waals surface area contributed by atoms with Crippen molar-refractivity contribution in [1.29, 1.82) is 0 Å². The molecule has 2 unspecified atom stereocenters. The average molecular weight is 329 g/mol. The number of benzene rings is 1. The van der Waals surface area contributed by atoms with Crippen LogP contribution in [0.1, 0.15) is 37.7 Å². The van der Waals surface area contributed by atoms with Crippen molar-refractivity contribution in [3.05, 3.63) is 35.9 Å². The van der Waals surface area contributed by atoms with Crippen LogP contribution in [0.2, 0.25) is 0 Å². The Labute approximate surface area is 143 Å². The van der Waals surface area contributed by atoms with Gasteiger partial charge < -0.3 is 15.5 Å². The van der Waals surface area contributed by atoms with E-state index in [9.17, 15) is 9.59 Å². The Morgan fingerprint density at radius 1 is 1.12 bits per heavy atom. The van der Waals surface area contributed by atoms with Crippen molar-refractivity contribution >= 4 is 11.9 Å². The van der Waals surface area contributed by atoms with E-state index < -0.39 is 0 Å². The van der Waals surface area contributed by atoms with E-state index in [1.54, 1.807) is 4.90 Å². The van der Waals surface area contributed by atoms with Crippen LogP contribution >= 0.6 is 0 Å². The van der Waals surface area contributed by atoms with E-state index in [-0.39, 0.29) is 23.8 Å². The summed E-state index contributed by atoms with van der Waals surface area (Å²) in [5.74, 6) is 0.836. The topological polar surface area (TPSA) is 61.4 Å². The highest BCUT2D eigenvalue weighted by Gasteiger charge is 2.35. The summed E-state index contributed by atoms with van der Waals surface area (Å²) in [4.78, 5) is 26.7. The molecule has 0 spiro atoms. The molecule has 2 aliphatic rings. The van der Waals surface area contributed by atoms with Gasteiger partial charge in [0.1, 0.15) is 0 Å². The molecule has 0 radical (unpaired) electrons. The van der Waals surface area contributed by atoms with Gasteiger partial charge in [-0.15, -0.1) is 0 Å². The van der Waals surface area contributed by atoms with E-state index in [4.69, 9.17) is 0 Å². The smallest absolute Gasteiger partial charge is 0.317 e. The molecule has 0 bridgehead atoms. The first-order chi connectivity index (χ1) is 11.7. The Morgan fingerprint density at radius 3 is 2.54 bits per heavy atom. The molecule has 3 amide bonds. The van der Waals surface area contributed by atoms with Crippen LogP contribution in [0.5, 0.6) is 0 Å². The maximum absolute atomic E-state index is 12.6. The number of nitrogens with zero attached hydrogens (tertiary/aromatic N) is 1. The molecule has 5 nitrogen and oxygen atoms in total. The molecule has 5 heteroatoms. The lowest BCUT2D eigenvalue weighted by Gasteiger charge is -2.37. The Balaban J connectivity index is 1.69. The van der Waals surface area contributed by atoms with Crippen LogP contribution in [0, 0.1) is 11.8 Å². The summed E-state index contributed by atoms with van der Waals surface area (Å²) in [6, 6.07) is 10.1. The van der Waals surface area contributed by atoms with E-state index in [1.807, 2.05) is 25.1 Å². The molecule has 0 aromatic heterocycles. The number of carbonyl (C=O) groups excluding carboxylic acids is 2. The first-order valence-electron chi connectivity index (χ1n) is 9.02. The molecule has 1 heterocycles. The van der Waals surface area contributed by atoms with Crippen molar-refractivity contribution in [2.75, 3.05) is 26.2 Å². The normalized spacial score (nSPS) is 23.6. The van der Waals surface area contributed by atoms with Gasteiger partial charge in [-0.25, -0.2) is 4.79 Å². The predicted molar refractivity (Wildman–Crippen MR) is 93.7 cm³/mol. The number of likely N-dealkylation sites (tertiary alicyclic amines) is 1. The third-order valence-electron chi connectivity index (χ3n) is 4.97. The molecule has 1 aromatic rings. The summed E-state index contributed by atoms with van der Waals surface area (Å²) in [6.07, 6.45) is 3.25. The minimum Gasteiger partial charge on any atom is -0.356 e. The standard InChI is InChI=1S/C19H27N3O2/c1-2-20-19(24)22-12-16(15-6-4-3-5-7-15)10-17(13-22)18(23)21-11-14-8-9-14/h3-7,14,16-17H,2,8-13H2,1H3,(H,20,24)(H,21,23). The van der Waals surface area contributed by atoms with Crippen LogP contribution in [-0.2, 0) is 4.79 Å². The second-order valence-electron chi connectivity index (χ2n) is 6.97. The van der Waals surface area contributed by atoms with Crippen molar-refractivity contribution in [2.45, 2.75) is 32.1 Å². The average Bonchev–Trinajstić information content (AvgIpc) is 3.44. The SMILES string of the molecule is CCNC(=O)N1CC(C(=O)NCC2CC2)CC(c2ccccc2)C1. The third kappa shape index (κ3) is 4.28. The van der Waals surface area contributed by atoms with Crippen molar-refractivity contribution in [3.63, 3.8) is 0 Å². The van der Waals surface area contributed by atoms with E-state index in [0.29, 0.717) is 25.6 Å². The molecule has 2 N–H and O–H groups in total. The molecule has 1 aromatic carbocycles. The number of amides is 3. The zero-order valence-corrected chi connectivity index (χ0v) is 14.3. The fraction of sp³-hybridized carbons (Fsp3) is 0.579. The second kappa shape index (κ2) is 7.69. The first-order valence-corrected chi connectivity index (χ1v) is 9.02. The zero-order chi connectivity index (χ0) is 16.9. The highest BCUT2D eigenvalue weighted by atomic mass is 16.2. The number of piperidine rings is 1. The third-order valence-corrected chi connectivity index (χ3v) is 4.97. The van der Waals surface area contributed by atoms with Crippen LogP contribution in [0.3, 0.4) is 0 Å². The zero-order valence-electron chi connectivity index (χ0n) is 14.3. The maximum Gasteiger partial charge on any atom is 0.317 e. The number of rotatable bonds is 5. The van der Waals surface area contributed by atoms with Crippen LogP contribution in [0.4, 0.5) is 4.79 Å². The van der Waals surface area contributed by atoms with Crippen molar-refractivity contribution < 1.29 is 9.59 Å². The first kappa shape index (κ1) is 16.8. The van der Waals surface area contributed by atoms with Gasteiger partial charge >= 0.3 is 6.03 Å². The number of urea groups is 1. The number of hydrogen-bond donors (Lipinski definition) is 2. The van der Waals surface area contributed by atoms with Crippen molar-refractivity contribution in [2.24, 2.45) is 11.8 Å². The molecule has 2 atom stereocenters. The largest absolute Gasteiger partial charge is 0.356 e. The summed E-state index contributed by atoms with van der Waals surface area (Å²) in [6.45, 7) is 4.47. The molecule has 1 aliphatic carbocycles. The Hall–Kier alpha value is -2.04. The predicted octanol–water partition coefficient (Wildman–Crippen LogP) is 2.35. The Morgan fingerprint density at radius 2 is 1.88 bits per heavy atom. The summed E-state index contributed by atoms with van der Waals surface area (Å²) in [7, 11) is 0. The quantitative estimate of drug-likeness (QED) is 0.871. The van der Waals surface area contributed by atoms with Gasteiger partial charge in [0, 0.05) is 32.1 Å². The van der Waals surface area contributed by atoms with E-state index >= 15 is 0 Å². The molecule has 24 heavy (non-hydrogen) atoms. The van der Waals surface area contributed by atoms with Gasteiger partial charge in [0.2, 0.25) is 5.91 Å². The molecule has 1 saturated heterocycles. The van der Waals surface area contributed by atoms with Crippen LogP contribution < -0.4 is 10.6 Å². The van der Waals surface area contributed by atoms with Crippen molar-refractivity contribution in [1.82, 2.24) is 15.5 Å². The van der Waals surface area contributed by atoms with Gasteiger partial charge in [0.05, 0.1) is 5.92 Å². The summed E-state index contributed by atoms with van der Waals surface area (Å²) in [5, 5.41) is 5.94. The highest BCUT2D eigenvalue weighted by molar-refractivity contribution is 5.81. The second-order valence-corrected chi connectivity index (χ2v) is 6.97. The van der Waals surface area contributed by atoms with Crippen LogP contribution in [0.15, 0.2) is 30.3 Å². The van der Waals surface area contributed by atoms with Gasteiger partial charge in [-0.1, -0.05) is 30.3 Å². The van der Waals surface area contributed by atoms with Crippen LogP contribution in [0.25, 0.3) is 0 Å². The molecule has 1 aliphatic heterocycles. The number of nitrogens with one attached hydrogen (secondary N) is 2. The van der Waals surface area contributed by atoms with E-state index in [0.717, 1.165) is 13.0 Å². The maximum atomic E-state index is 12.6. The molecule has 3 rings (SSSR count). The lowest BCUT2D eigenvalue weighted by Crippen LogP contribution is -2.51. The van der Waals surface area contributed by atoms with Gasteiger partial charge in [0.15, 0.2) is 0 Å². The minimum atomic E-state index is -0.134. The van der Waals surface area contributed by atoms with Crippen LogP contribution in [-0.4, -0.2) is 43.0 Å². The minimum absolute atomic E-state index is 0.0712. The summed E-state index contributed by atoms with van der Waals surface area (Å²) >= 11 is 0. The van der Waals surface area contributed by atoms with Gasteiger partial charge in [-0.3, -0.25) is 4.79 Å². The van der Waals surface area contributed by atoms with Gasteiger partial charge in [-0.05, 0) is 37.7 Å². The lowest BCUT2D eigenvalue weighted by molar-refractivity contribution is -0.126. The summed E-state index contributed by atoms with van der Waals surface area (Å²) in [5.41, 5.74) is 1.20. The van der Waals surface area contributed by atoms with E-state index in [1.165, 1.54) is 18.4 Å². The van der Waals surface area contributed by atoms with Gasteiger partial charge in [-0.2, -0.15) is 0 Å². The molecule has 2 fully saturated rings. The Bertz CT molecular complexity index is 571. The molecular weight excluding hydrogens is 302 g/mol. The number of hydrogen-bond acceptors (Lipinski definition) is 2. The summed E-state index contributed by atoms with van der Waals surface area (Å²) < 4.78 is 0. The van der Waals surface area contributed by atoms with E-state index in [2.05, 4.69) is 22.8 Å². The molecular formula is C19H27N3O2. The lowest BCUT2D eigenvalue weighted by atomic mass is 9.84. The van der Waals surface area contributed by atoms with Gasteiger partial charge in [0.25, 0.3) is 0 Å². The molecule has 130 valence electrons. The van der Waals surface area contributed by atoms with Crippen molar-refractivity contribution in [3.8, 4) is 0 Å². The molecule has 1 saturated carbocycles. The Kier molecular flexibility index (Phi) is 5.38. The monoisotopic (exact) mass is 329 g/mol. The highest BCUT2D eigenvalue weighted by Crippen LogP contribution is 2.31.